The standard InChI is InChI=1S/C30H33N3O/c1-28(2)10-12-33-13-11-29(3,4)25-15-20(14-24(28)27(25)33)6-7-23-16-21(22(18-31)19-32)17-26(34-23)30(5)8-9-30/h6-7,14-17H,8-13H2,1-5H3/b7-6+. The topological polar surface area (TPSA) is 60.0 Å². The van der Waals surface area contributed by atoms with E-state index in [1.807, 2.05) is 30.4 Å². The molecule has 0 spiro atoms. The van der Waals surface area contributed by atoms with Gasteiger partial charge in [-0.15, -0.1) is 0 Å². The molecule has 0 bridgehead atoms. The van der Waals surface area contributed by atoms with Crippen LogP contribution in [0.1, 0.15) is 77.0 Å². The number of hydrogen-bond acceptors (Lipinski definition) is 4. The zero-order chi connectivity index (χ0) is 24.3. The number of ether oxygens (including phenoxy) is 1. The lowest BCUT2D eigenvalue weighted by atomic mass is 9.69. The van der Waals surface area contributed by atoms with Crippen molar-refractivity contribution in [1.29, 1.82) is 10.5 Å². The Morgan fingerprint density at radius 2 is 1.47 bits per heavy atom. The van der Waals surface area contributed by atoms with Gasteiger partial charge in [0.15, 0.2) is 0 Å². The number of allylic oxidation sites excluding steroid dienone is 6. The van der Waals surface area contributed by atoms with Crippen LogP contribution < -0.4 is 4.90 Å². The monoisotopic (exact) mass is 451 g/mol. The van der Waals surface area contributed by atoms with E-state index in [9.17, 15) is 10.5 Å². The van der Waals surface area contributed by atoms with Crippen LogP contribution in [0.2, 0.25) is 0 Å². The molecule has 4 aliphatic rings. The Balaban J connectivity index is 1.56. The summed E-state index contributed by atoms with van der Waals surface area (Å²) in [6, 6.07) is 8.75. The number of rotatable bonds is 3. The van der Waals surface area contributed by atoms with Gasteiger partial charge in [0, 0.05) is 29.8 Å². The highest BCUT2D eigenvalue weighted by Crippen LogP contribution is 2.54. The molecule has 174 valence electrons. The van der Waals surface area contributed by atoms with Crippen molar-refractivity contribution in [2.24, 2.45) is 5.41 Å². The van der Waals surface area contributed by atoms with Crippen molar-refractivity contribution in [1.82, 2.24) is 0 Å². The molecule has 4 nitrogen and oxygen atoms in total. The number of benzene rings is 1. The molecule has 4 heteroatoms. The number of anilines is 1. The smallest absolute Gasteiger partial charge is 0.137 e. The Bertz CT molecular complexity index is 1210. The number of nitriles is 2. The fourth-order valence-corrected chi connectivity index (χ4v) is 5.37. The molecule has 0 saturated heterocycles. The molecule has 5 rings (SSSR count). The fourth-order valence-electron chi connectivity index (χ4n) is 5.37. The van der Waals surface area contributed by atoms with E-state index in [0.29, 0.717) is 11.3 Å². The van der Waals surface area contributed by atoms with E-state index in [1.165, 1.54) is 22.4 Å². The third-order valence-corrected chi connectivity index (χ3v) is 8.28. The van der Waals surface area contributed by atoms with Gasteiger partial charge in [0.2, 0.25) is 0 Å². The van der Waals surface area contributed by atoms with Gasteiger partial charge < -0.3 is 9.64 Å². The largest absolute Gasteiger partial charge is 0.461 e. The molecule has 0 amide bonds. The Hall–Kier alpha value is -3.24. The summed E-state index contributed by atoms with van der Waals surface area (Å²) in [4.78, 5) is 2.58. The molecule has 3 aliphatic heterocycles. The zero-order valence-corrected chi connectivity index (χ0v) is 21.0. The normalized spacial score (nSPS) is 23.1. The van der Waals surface area contributed by atoms with Crippen molar-refractivity contribution in [2.45, 2.75) is 71.1 Å². The number of nitrogens with zero attached hydrogens (tertiary/aromatic N) is 3. The first-order chi connectivity index (χ1) is 16.1. The molecule has 0 aromatic heterocycles. The molecule has 1 fully saturated rings. The summed E-state index contributed by atoms with van der Waals surface area (Å²) < 4.78 is 6.26. The highest BCUT2D eigenvalue weighted by atomic mass is 16.5. The molecule has 0 unspecified atom stereocenters. The van der Waals surface area contributed by atoms with E-state index in [1.54, 1.807) is 0 Å². The molecular weight excluding hydrogens is 418 g/mol. The first-order valence-electron chi connectivity index (χ1n) is 12.3. The van der Waals surface area contributed by atoms with Crippen LogP contribution in [-0.4, -0.2) is 13.1 Å². The molecule has 1 saturated carbocycles. The average molecular weight is 452 g/mol. The SMILES string of the molecule is CC1(C2=CC(=C(C#N)C#N)C=C(/C=C/c3cc4c5c(c3)C(C)(C)CCN5CCC4(C)C)O2)CC1. The van der Waals surface area contributed by atoms with E-state index in [-0.39, 0.29) is 21.8 Å². The summed E-state index contributed by atoms with van der Waals surface area (Å²) in [5, 5.41) is 18.8. The minimum atomic E-state index is 0.00210. The van der Waals surface area contributed by atoms with Gasteiger partial charge in [0.05, 0.1) is 0 Å². The summed E-state index contributed by atoms with van der Waals surface area (Å²) in [6.45, 7) is 13.9. The van der Waals surface area contributed by atoms with Crippen molar-refractivity contribution in [3.63, 3.8) is 0 Å². The molecule has 3 heterocycles. The molecule has 1 aromatic carbocycles. The minimum Gasteiger partial charge on any atom is -0.461 e. The lowest BCUT2D eigenvalue weighted by Crippen LogP contribution is -2.44. The van der Waals surface area contributed by atoms with Crippen molar-refractivity contribution in [2.75, 3.05) is 18.0 Å². The van der Waals surface area contributed by atoms with Crippen molar-refractivity contribution in [3.8, 4) is 12.1 Å². The first-order valence-corrected chi connectivity index (χ1v) is 12.3. The second kappa shape index (κ2) is 7.64. The lowest BCUT2D eigenvalue weighted by molar-refractivity contribution is 0.259. The van der Waals surface area contributed by atoms with Crippen LogP contribution in [0.25, 0.3) is 6.08 Å². The predicted molar refractivity (Wildman–Crippen MR) is 136 cm³/mol. The van der Waals surface area contributed by atoms with Crippen LogP contribution in [0.4, 0.5) is 5.69 Å². The van der Waals surface area contributed by atoms with Crippen molar-refractivity contribution in [3.05, 3.63) is 69.7 Å². The van der Waals surface area contributed by atoms with Gasteiger partial charge in [-0.25, -0.2) is 0 Å². The minimum absolute atomic E-state index is 0.00210. The van der Waals surface area contributed by atoms with E-state index < -0.39 is 0 Å². The van der Waals surface area contributed by atoms with Gasteiger partial charge in [-0.2, -0.15) is 10.5 Å². The van der Waals surface area contributed by atoms with E-state index in [0.717, 1.165) is 44.5 Å². The Morgan fingerprint density at radius 1 is 0.882 bits per heavy atom. The summed E-state index contributed by atoms with van der Waals surface area (Å²) in [6.07, 6.45) is 12.2. The molecule has 34 heavy (non-hydrogen) atoms. The Kier molecular flexibility index (Phi) is 5.07. The molecule has 1 aromatic rings. The maximum absolute atomic E-state index is 9.42. The number of hydrogen-bond donors (Lipinski definition) is 0. The predicted octanol–water partition coefficient (Wildman–Crippen LogP) is 6.81. The molecule has 0 N–H and O–H groups in total. The van der Waals surface area contributed by atoms with E-state index in [2.05, 4.69) is 57.7 Å². The average Bonchev–Trinajstić information content (AvgIpc) is 3.56. The van der Waals surface area contributed by atoms with Crippen LogP contribution >= 0.6 is 0 Å². The third kappa shape index (κ3) is 3.76. The zero-order valence-electron chi connectivity index (χ0n) is 21.0. The van der Waals surface area contributed by atoms with Crippen LogP contribution in [0.15, 0.2) is 53.0 Å². The van der Waals surface area contributed by atoms with Crippen LogP contribution in [0.3, 0.4) is 0 Å². The highest BCUT2D eigenvalue weighted by Gasteiger charge is 2.44. The highest BCUT2D eigenvalue weighted by molar-refractivity contribution is 5.72. The van der Waals surface area contributed by atoms with Crippen molar-refractivity contribution >= 4 is 11.8 Å². The summed E-state index contributed by atoms with van der Waals surface area (Å²) in [7, 11) is 0. The second-order valence-electron chi connectivity index (χ2n) is 11.8. The van der Waals surface area contributed by atoms with Gasteiger partial charge in [0.25, 0.3) is 0 Å². The molecule has 1 aliphatic carbocycles. The van der Waals surface area contributed by atoms with Gasteiger partial charge >= 0.3 is 0 Å². The molecule has 0 atom stereocenters. The quantitative estimate of drug-likeness (QED) is 0.474. The van der Waals surface area contributed by atoms with Gasteiger partial charge in [-0.1, -0.05) is 40.7 Å². The molecule has 0 radical (unpaired) electrons. The van der Waals surface area contributed by atoms with Gasteiger partial charge in [0.1, 0.15) is 29.2 Å². The Morgan fingerprint density at radius 3 is 2.00 bits per heavy atom. The van der Waals surface area contributed by atoms with E-state index in [4.69, 9.17) is 4.74 Å². The first kappa shape index (κ1) is 22.5. The summed E-state index contributed by atoms with van der Waals surface area (Å²) >= 11 is 0. The lowest BCUT2D eigenvalue weighted by Gasteiger charge is -2.48. The third-order valence-electron chi connectivity index (χ3n) is 8.28. The van der Waals surface area contributed by atoms with Crippen LogP contribution in [-0.2, 0) is 15.6 Å². The van der Waals surface area contributed by atoms with Gasteiger partial charge in [-0.05, 0) is 83.6 Å². The van der Waals surface area contributed by atoms with Crippen LogP contribution in [0.5, 0.6) is 0 Å². The maximum Gasteiger partial charge on any atom is 0.137 e. The van der Waals surface area contributed by atoms with Crippen molar-refractivity contribution < 1.29 is 4.74 Å². The summed E-state index contributed by atoms with van der Waals surface area (Å²) in [5.41, 5.74) is 6.53. The van der Waals surface area contributed by atoms with E-state index >= 15 is 0 Å². The second-order valence-corrected chi connectivity index (χ2v) is 11.8. The van der Waals surface area contributed by atoms with Gasteiger partial charge in [-0.3, -0.25) is 0 Å². The maximum atomic E-state index is 9.42. The molecular formula is C30H33N3O. The Labute approximate surface area is 203 Å². The summed E-state index contributed by atoms with van der Waals surface area (Å²) in [5.74, 6) is 1.53. The fraction of sp³-hybridized carbons (Fsp3) is 0.467. The van der Waals surface area contributed by atoms with Crippen LogP contribution in [0, 0.1) is 28.1 Å².